The molecule has 5 heteroatoms. The number of carbonyl (C=O) groups is 1. The SMILES string of the molecule is COc1cc(C(C)=C(C)C(=O)O)cc(OC)c1OC. The predicted octanol–water partition coefficient (Wildman–Crippen LogP) is 2.59. The van der Waals surface area contributed by atoms with Crippen LogP contribution in [0.15, 0.2) is 17.7 Å². The first-order valence-electron chi connectivity index (χ1n) is 5.67. The van der Waals surface area contributed by atoms with E-state index in [-0.39, 0.29) is 5.57 Å². The molecule has 1 rings (SSSR count). The van der Waals surface area contributed by atoms with Crippen LogP contribution >= 0.6 is 0 Å². The second-order valence-corrected chi connectivity index (χ2v) is 3.97. The molecule has 1 N–H and O–H groups in total. The molecule has 0 saturated heterocycles. The van der Waals surface area contributed by atoms with Crippen LogP contribution in [-0.4, -0.2) is 32.4 Å². The number of carboxylic acids is 1. The third-order valence-corrected chi connectivity index (χ3v) is 2.98. The third kappa shape index (κ3) is 2.99. The first-order chi connectivity index (χ1) is 8.96. The average molecular weight is 266 g/mol. The lowest BCUT2D eigenvalue weighted by molar-refractivity contribution is -0.132. The second kappa shape index (κ2) is 6.13. The maximum Gasteiger partial charge on any atom is 0.331 e. The van der Waals surface area contributed by atoms with Crippen molar-refractivity contribution in [1.29, 1.82) is 0 Å². The molecule has 0 amide bonds. The van der Waals surface area contributed by atoms with Gasteiger partial charge in [0.05, 0.1) is 21.3 Å². The van der Waals surface area contributed by atoms with E-state index >= 15 is 0 Å². The monoisotopic (exact) mass is 266 g/mol. The molecule has 0 fully saturated rings. The summed E-state index contributed by atoms with van der Waals surface area (Å²) in [7, 11) is 4.56. The number of allylic oxidation sites excluding steroid dienone is 1. The van der Waals surface area contributed by atoms with Crippen LogP contribution in [0.25, 0.3) is 5.57 Å². The Kier molecular flexibility index (Phi) is 4.80. The van der Waals surface area contributed by atoms with Crippen molar-refractivity contribution in [2.45, 2.75) is 13.8 Å². The Bertz CT molecular complexity index is 492. The number of aliphatic carboxylic acids is 1. The van der Waals surface area contributed by atoms with Crippen LogP contribution in [0.1, 0.15) is 19.4 Å². The van der Waals surface area contributed by atoms with Gasteiger partial charge in [-0.15, -0.1) is 0 Å². The predicted molar refractivity (Wildman–Crippen MR) is 72.0 cm³/mol. The van der Waals surface area contributed by atoms with Crippen molar-refractivity contribution >= 4 is 11.5 Å². The van der Waals surface area contributed by atoms with Gasteiger partial charge in [0, 0.05) is 5.57 Å². The molecule has 1 aromatic rings. The molecule has 0 aliphatic heterocycles. The van der Waals surface area contributed by atoms with E-state index in [9.17, 15) is 4.79 Å². The molecular weight excluding hydrogens is 248 g/mol. The van der Waals surface area contributed by atoms with Crippen LogP contribution in [0.5, 0.6) is 17.2 Å². The Morgan fingerprint density at radius 3 is 1.79 bits per heavy atom. The van der Waals surface area contributed by atoms with E-state index in [0.717, 1.165) is 5.56 Å². The molecule has 0 unspecified atom stereocenters. The van der Waals surface area contributed by atoms with E-state index in [1.54, 1.807) is 26.0 Å². The highest BCUT2D eigenvalue weighted by Gasteiger charge is 2.15. The summed E-state index contributed by atoms with van der Waals surface area (Å²) in [4.78, 5) is 11.0. The van der Waals surface area contributed by atoms with E-state index in [4.69, 9.17) is 19.3 Å². The summed E-state index contributed by atoms with van der Waals surface area (Å²) in [5.41, 5.74) is 1.63. The summed E-state index contributed by atoms with van der Waals surface area (Å²) < 4.78 is 15.7. The van der Waals surface area contributed by atoms with Gasteiger partial charge in [-0.3, -0.25) is 0 Å². The second-order valence-electron chi connectivity index (χ2n) is 3.97. The summed E-state index contributed by atoms with van der Waals surface area (Å²) in [5.74, 6) is 0.518. The van der Waals surface area contributed by atoms with Gasteiger partial charge in [-0.1, -0.05) is 0 Å². The van der Waals surface area contributed by atoms with Gasteiger partial charge in [-0.25, -0.2) is 4.79 Å². The van der Waals surface area contributed by atoms with Gasteiger partial charge < -0.3 is 19.3 Å². The maximum atomic E-state index is 11.0. The molecule has 0 atom stereocenters. The number of benzene rings is 1. The fourth-order valence-electron chi connectivity index (χ4n) is 1.67. The zero-order valence-corrected chi connectivity index (χ0v) is 11.7. The molecule has 0 heterocycles. The minimum atomic E-state index is -0.953. The van der Waals surface area contributed by atoms with E-state index in [2.05, 4.69) is 0 Å². The molecule has 0 aliphatic carbocycles. The first kappa shape index (κ1) is 14.9. The van der Waals surface area contributed by atoms with Gasteiger partial charge >= 0.3 is 5.97 Å². The Balaban J connectivity index is 3.47. The number of methoxy groups -OCH3 is 3. The third-order valence-electron chi connectivity index (χ3n) is 2.98. The number of carboxylic acid groups (broad SMARTS) is 1. The van der Waals surface area contributed by atoms with E-state index in [1.807, 2.05) is 0 Å². The van der Waals surface area contributed by atoms with E-state index < -0.39 is 5.97 Å². The number of rotatable bonds is 5. The minimum Gasteiger partial charge on any atom is -0.493 e. The summed E-state index contributed by atoms with van der Waals surface area (Å²) in [6.07, 6.45) is 0. The van der Waals surface area contributed by atoms with Crippen molar-refractivity contribution in [2.75, 3.05) is 21.3 Å². The summed E-state index contributed by atoms with van der Waals surface area (Å²) in [6.45, 7) is 3.30. The smallest absolute Gasteiger partial charge is 0.331 e. The molecule has 0 aliphatic rings. The molecule has 1 aromatic carbocycles. The summed E-state index contributed by atoms with van der Waals surface area (Å²) in [5, 5.41) is 9.02. The molecule has 0 bridgehead atoms. The summed E-state index contributed by atoms with van der Waals surface area (Å²) >= 11 is 0. The number of hydrogen-bond donors (Lipinski definition) is 1. The van der Waals surface area contributed by atoms with Gasteiger partial charge in [0.15, 0.2) is 11.5 Å². The fraction of sp³-hybridized carbons (Fsp3) is 0.357. The lowest BCUT2D eigenvalue weighted by Crippen LogP contribution is -2.01. The Labute approximate surface area is 112 Å². The zero-order valence-electron chi connectivity index (χ0n) is 11.7. The van der Waals surface area contributed by atoms with Gasteiger partial charge in [-0.2, -0.15) is 0 Å². The van der Waals surface area contributed by atoms with Crippen LogP contribution in [-0.2, 0) is 4.79 Å². The van der Waals surface area contributed by atoms with Crippen LogP contribution in [0.3, 0.4) is 0 Å². The molecular formula is C14H18O5. The molecule has 0 radical (unpaired) electrons. The molecule has 104 valence electrons. The Morgan fingerprint density at radius 1 is 1.00 bits per heavy atom. The maximum absolute atomic E-state index is 11.0. The highest BCUT2D eigenvalue weighted by atomic mass is 16.5. The van der Waals surface area contributed by atoms with E-state index in [0.29, 0.717) is 22.8 Å². The van der Waals surface area contributed by atoms with E-state index in [1.165, 1.54) is 21.3 Å². The summed E-state index contributed by atoms with van der Waals surface area (Å²) in [6, 6.07) is 3.45. The van der Waals surface area contributed by atoms with Crippen LogP contribution in [0.2, 0.25) is 0 Å². The molecule has 5 nitrogen and oxygen atoms in total. The quantitative estimate of drug-likeness (QED) is 0.830. The fourth-order valence-corrected chi connectivity index (χ4v) is 1.67. The molecule has 19 heavy (non-hydrogen) atoms. The van der Waals surface area contributed by atoms with Crippen LogP contribution < -0.4 is 14.2 Å². The minimum absolute atomic E-state index is 0.272. The van der Waals surface area contributed by atoms with Crippen molar-refractivity contribution in [1.82, 2.24) is 0 Å². The highest BCUT2D eigenvalue weighted by Crippen LogP contribution is 2.40. The number of ether oxygens (including phenoxy) is 3. The lowest BCUT2D eigenvalue weighted by atomic mass is 10.0. The van der Waals surface area contributed by atoms with Crippen LogP contribution in [0.4, 0.5) is 0 Å². The van der Waals surface area contributed by atoms with Gasteiger partial charge in [-0.05, 0) is 37.1 Å². The Morgan fingerprint density at radius 2 is 1.47 bits per heavy atom. The van der Waals surface area contributed by atoms with Crippen molar-refractivity contribution < 1.29 is 24.1 Å². The van der Waals surface area contributed by atoms with Gasteiger partial charge in [0.25, 0.3) is 0 Å². The largest absolute Gasteiger partial charge is 0.493 e. The van der Waals surface area contributed by atoms with Crippen molar-refractivity contribution in [3.05, 3.63) is 23.3 Å². The standard InChI is InChI=1S/C14H18O5/c1-8(9(2)14(15)16)10-6-11(17-3)13(19-5)12(7-10)18-4/h6-7H,1-5H3,(H,15,16). The highest BCUT2D eigenvalue weighted by molar-refractivity contribution is 5.95. The van der Waals surface area contributed by atoms with Gasteiger partial charge in [0.1, 0.15) is 0 Å². The van der Waals surface area contributed by atoms with Crippen molar-refractivity contribution in [3.8, 4) is 17.2 Å². The van der Waals surface area contributed by atoms with Crippen molar-refractivity contribution in [3.63, 3.8) is 0 Å². The van der Waals surface area contributed by atoms with Gasteiger partial charge in [0.2, 0.25) is 5.75 Å². The average Bonchev–Trinajstić information content (AvgIpc) is 2.43. The molecule has 0 spiro atoms. The molecule has 0 saturated carbocycles. The normalized spacial score (nSPS) is 11.6. The molecule has 0 aromatic heterocycles. The zero-order chi connectivity index (χ0) is 14.6. The van der Waals surface area contributed by atoms with Crippen molar-refractivity contribution in [2.24, 2.45) is 0 Å². The lowest BCUT2D eigenvalue weighted by Gasteiger charge is -2.15. The topological polar surface area (TPSA) is 65.0 Å². The number of hydrogen-bond acceptors (Lipinski definition) is 4. The van der Waals surface area contributed by atoms with Crippen LogP contribution in [0, 0.1) is 0 Å². The first-order valence-corrected chi connectivity index (χ1v) is 5.67. The Hall–Kier alpha value is -2.17.